The van der Waals surface area contributed by atoms with E-state index in [1.54, 1.807) is 0 Å². The van der Waals surface area contributed by atoms with E-state index in [4.69, 9.17) is 0 Å². The van der Waals surface area contributed by atoms with Gasteiger partial charge in [0.1, 0.15) is 0 Å². The van der Waals surface area contributed by atoms with E-state index in [9.17, 15) is 0 Å². The van der Waals surface area contributed by atoms with Crippen molar-refractivity contribution >= 4 is 0 Å². The Morgan fingerprint density at radius 1 is 1.06 bits per heavy atom. The van der Waals surface area contributed by atoms with Crippen LogP contribution >= 0.6 is 0 Å². The van der Waals surface area contributed by atoms with Gasteiger partial charge >= 0.3 is 0 Å². The third kappa shape index (κ3) is 3.31. The molecular formula is C16H27N. The number of aromatic nitrogens is 1. The summed E-state index contributed by atoms with van der Waals surface area (Å²) in [4.78, 5) is 4.60. The van der Waals surface area contributed by atoms with E-state index in [-0.39, 0.29) is 10.8 Å². The van der Waals surface area contributed by atoms with Crippen LogP contribution in [0.2, 0.25) is 0 Å². The molecule has 0 spiro atoms. The Bertz CT molecular complexity index is 352. The fourth-order valence-corrected chi connectivity index (χ4v) is 1.77. The van der Waals surface area contributed by atoms with Gasteiger partial charge in [0.15, 0.2) is 0 Å². The van der Waals surface area contributed by atoms with Gasteiger partial charge in [-0.05, 0) is 34.8 Å². The second kappa shape index (κ2) is 4.80. The second-order valence-electron chi connectivity index (χ2n) is 7.01. The molecule has 0 aliphatic heterocycles. The first-order valence-electron chi connectivity index (χ1n) is 6.60. The van der Waals surface area contributed by atoms with Crippen LogP contribution in [0.3, 0.4) is 0 Å². The largest absolute Gasteiger partial charge is 0.261 e. The lowest BCUT2D eigenvalue weighted by Gasteiger charge is -2.39. The summed E-state index contributed by atoms with van der Waals surface area (Å²) in [6.45, 7) is 15.9. The van der Waals surface area contributed by atoms with Gasteiger partial charge in [-0.15, -0.1) is 0 Å². The van der Waals surface area contributed by atoms with Crippen LogP contribution in [-0.2, 0) is 11.8 Å². The molecule has 17 heavy (non-hydrogen) atoms. The quantitative estimate of drug-likeness (QED) is 0.743. The zero-order valence-electron chi connectivity index (χ0n) is 12.5. The lowest BCUT2D eigenvalue weighted by atomic mass is 9.66. The highest BCUT2D eigenvalue weighted by Crippen LogP contribution is 2.40. The van der Waals surface area contributed by atoms with E-state index in [1.165, 1.54) is 11.3 Å². The molecule has 0 aliphatic carbocycles. The fourth-order valence-electron chi connectivity index (χ4n) is 1.77. The lowest BCUT2D eigenvalue weighted by molar-refractivity contribution is 0.225. The molecule has 0 amide bonds. The van der Waals surface area contributed by atoms with Crippen LogP contribution in [0, 0.1) is 11.3 Å². The minimum atomic E-state index is 0.149. The molecule has 96 valence electrons. The van der Waals surface area contributed by atoms with Crippen LogP contribution in [0.4, 0.5) is 0 Å². The molecule has 0 saturated carbocycles. The van der Waals surface area contributed by atoms with Crippen molar-refractivity contribution < 1.29 is 0 Å². The SMILES string of the molecule is CC(C)Cc1ccc(C(C)(C)C(C)(C)C)cn1. The summed E-state index contributed by atoms with van der Waals surface area (Å²) in [7, 11) is 0. The molecular weight excluding hydrogens is 206 g/mol. The van der Waals surface area contributed by atoms with Gasteiger partial charge in [0.05, 0.1) is 0 Å². The summed E-state index contributed by atoms with van der Waals surface area (Å²) < 4.78 is 0. The van der Waals surface area contributed by atoms with E-state index < -0.39 is 0 Å². The maximum Gasteiger partial charge on any atom is 0.0406 e. The molecule has 1 nitrogen and oxygen atoms in total. The minimum Gasteiger partial charge on any atom is -0.261 e. The van der Waals surface area contributed by atoms with Gasteiger partial charge in [-0.1, -0.05) is 54.5 Å². The normalized spacial score (nSPS) is 13.2. The molecule has 0 aromatic carbocycles. The molecule has 1 heterocycles. The Kier molecular flexibility index (Phi) is 4.01. The van der Waals surface area contributed by atoms with E-state index >= 15 is 0 Å². The minimum absolute atomic E-state index is 0.149. The van der Waals surface area contributed by atoms with Crippen LogP contribution in [0.25, 0.3) is 0 Å². The number of pyridine rings is 1. The van der Waals surface area contributed by atoms with Crippen molar-refractivity contribution in [3.05, 3.63) is 29.6 Å². The van der Waals surface area contributed by atoms with Gasteiger partial charge in [-0.25, -0.2) is 0 Å². The smallest absolute Gasteiger partial charge is 0.0406 e. The van der Waals surface area contributed by atoms with Gasteiger partial charge in [-0.3, -0.25) is 4.98 Å². The molecule has 0 radical (unpaired) electrons. The maximum atomic E-state index is 4.60. The van der Waals surface area contributed by atoms with Crippen molar-refractivity contribution in [3.8, 4) is 0 Å². The first-order chi connectivity index (χ1) is 7.64. The Morgan fingerprint density at radius 2 is 1.65 bits per heavy atom. The van der Waals surface area contributed by atoms with E-state index in [2.05, 4.69) is 71.8 Å². The van der Waals surface area contributed by atoms with Crippen LogP contribution < -0.4 is 0 Å². The van der Waals surface area contributed by atoms with E-state index in [1.807, 2.05) is 0 Å². The van der Waals surface area contributed by atoms with Gasteiger partial charge in [-0.2, -0.15) is 0 Å². The number of nitrogens with zero attached hydrogens (tertiary/aromatic N) is 1. The van der Waals surface area contributed by atoms with Gasteiger partial charge in [0.2, 0.25) is 0 Å². The molecule has 1 aromatic heterocycles. The van der Waals surface area contributed by atoms with Crippen LogP contribution in [-0.4, -0.2) is 4.98 Å². The van der Waals surface area contributed by atoms with Crippen molar-refractivity contribution in [2.45, 2.75) is 60.3 Å². The van der Waals surface area contributed by atoms with Crippen molar-refractivity contribution in [1.29, 1.82) is 0 Å². The zero-order valence-corrected chi connectivity index (χ0v) is 12.5. The van der Waals surface area contributed by atoms with Gasteiger partial charge in [0.25, 0.3) is 0 Å². The molecule has 1 aromatic rings. The third-order valence-electron chi connectivity index (χ3n) is 4.04. The molecule has 1 rings (SSSR count). The van der Waals surface area contributed by atoms with E-state index in [0.717, 1.165) is 6.42 Å². The highest BCUT2D eigenvalue weighted by atomic mass is 14.7. The lowest BCUT2D eigenvalue weighted by Crippen LogP contribution is -2.34. The van der Waals surface area contributed by atoms with Crippen molar-refractivity contribution in [3.63, 3.8) is 0 Å². The molecule has 0 bridgehead atoms. The highest BCUT2D eigenvalue weighted by Gasteiger charge is 2.34. The Hall–Kier alpha value is -0.850. The molecule has 0 saturated heterocycles. The van der Waals surface area contributed by atoms with Gasteiger partial charge in [0, 0.05) is 11.9 Å². The average molecular weight is 233 g/mol. The molecule has 1 heteroatoms. The number of hydrogen-bond acceptors (Lipinski definition) is 1. The Balaban J connectivity index is 2.95. The monoisotopic (exact) mass is 233 g/mol. The molecule has 0 N–H and O–H groups in total. The van der Waals surface area contributed by atoms with Crippen molar-refractivity contribution in [1.82, 2.24) is 4.98 Å². The highest BCUT2D eigenvalue weighted by molar-refractivity contribution is 5.24. The standard InChI is InChI=1S/C16H27N/c1-12(2)10-14-9-8-13(11-17-14)16(6,7)15(3,4)5/h8-9,11-12H,10H2,1-7H3. The Labute approximate surface area is 107 Å². The summed E-state index contributed by atoms with van der Waals surface area (Å²) in [6, 6.07) is 4.43. The Morgan fingerprint density at radius 3 is 2.00 bits per heavy atom. The summed E-state index contributed by atoms with van der Waals surface area (Å²) >= 11 is 0. The summed E-state index contributed by atoms with van der Waals surface area (Å²) in [5.74, 6) is 0.670. The van der Waals surface area contributed by atoms with E-state index in [0.29, 0.717) is 5.92 Å². The maximum absolute atomic E-state index is 4.60. The summed E-state index contributed by atoms with van der Waals surface area (Å²) in [5, 5.41) is 0. The summed E-state index contributed by atoms with van der Waals surface area (Å²) in [6.07, 6.45) is 3.12. The van der Waals surface area contributed by atoms with Crippen LogP contribution in [0.5, 0.6) is 0 Å². The average Bonchev–Trinajstić information content (AvgIpc) is 2.15. The van der Waals surface area contributed by atoms with Gasteiger partial charge < -0.3 is 0 Å². The molecule has 0 fully saturated rings. The molecule has 0 aliphatic rings. The fraction of sp³-hybridized carbons (Fsp3) is 0.688. The zero-order chi connectivity index (χ0) is 13.3. The predicted molar refractivity (Wildman–Crippen MR) is 75.3 cm³/mol. The van der Waals surface area contributed by atoms with Crippen LogP contribution in [0.15, 0.2) is 18.3 Å². The third-order valence-corrected chi connectivity index (χ3v) is 4.04. The predicted octanol–water partition coefficient (Wildman–Crippen LogP) is 4.60. The van der Waals surface area contributed by atoms with Crippen molar-refractivity contribution in [2.75, 3.05) is 0 Å². The van der Waals surface area contributed by atoms with Crippen LogP contribution in [0.1, 0.15) is 59.7 Å². The first-order valence-corrected chi connectivity index (χ1v) is 6.60. The first kappa shape index (κ1) is 14.2. The van der Waals surface area contributed by atoms with Crippen molar-refractivity contribution in [2.24, 2.45) is 11.3 Å². The second-order valence-corrected chi connectivity index (χ2v) is 7.01. The number of hydrogen-bond donors (Lipinski definition) is 0. The molecule has 0 unspecified atom stereocenters. The topological polar surface area (TPSA) is 12.9 Å². The summed E-state index contributed by atoms with van der Waals surface area (Å²) in [5.41, 5.74) is 2.93. The molecule has 0 atom stereocenters. The number of rotatable bonds is 3.